The molecular formula is C24H22F2N4O5. The van der Waals surface area contributed by atoms with Gasteiger partial charge in [0, 0.05) is 29.7 Å². The van der Waals surface area contributed by atoms with Gasteiger partial charge >= 0.3 is 12.4 Å². The smallest absolute Gasteiger partial charge is 0.420 e. The SMILES string of the molecule is O=C(Nc1ccc2oc(=O)n(CC(=O)N3CCCCC3)c2c1)c1cc2c(OC(F)F)cccc2[nH]1. The van der Waals surface area contributed by atoms with Crippen molar-refractivity contribution in [3.05, 3.63) is 58.7 Å². The molecular weight excluding hydrogens is 462 g/mol. The van der Waals surface area contributed by atoms with E-state index in [1.54, 1.807) is 23.1 Å². The molecule has 0 bridgehead atoms. The number of anilines is 1. The van der Waals surface area contributed by atoms with E-state index < -0.39 is 18.3 Å². The van der Waals surface area contributed by atoms with Crippen LogP contribution in [0, 0.1) is 0 Å². The summed E-state index contributed by atoms with van der Waals surface area (Å²) in [5, 5.41) is 3.05. The van der Waals surface area contributed by atoms with Gasteiger partial charge in [-0.05, 0) is 55.7 Å². The van der Waals surface area contributed by atoms with Crippen molar-refractivity contribution in [3.8, 4) is 5.75 Å². The van der Waals surface area contributed by atoms with E-state index in [1.807, 2.05) is 0 Å². The van der Waals surface area contributed by atoms with Gasteiger partial charge in [-0.25, -0.2) is 4.79 Å². The van der Waals surface area contributed by atoms with Crippen LogP contribution < -0.4 is 15.8 Å². The topological polar surface area (TPSA) is 110 Å². The van der Waals surface area contributed by atoms with Crippen LogP contribution in [0.25, 0.3) is 22.0 Å². The summed E-state index contributed by atoms with van der Waals surface area (Å²) in [6.07, 6.45) is 2.96. The fraction of sp³-hybridized carbons (Fsp3) is 0.292. The Morgan fingerprint density at radius 3 is 2.69 bits per heavy atom. The first kappa shape index (κ1) is 22.6. The number of benzene rings is 2. The summed E-state index contributed by atoms with van der Waals surface area (Å²) >= 11 is 0. The number of alkyl halides is 2. The van der Waals surface area contributed by atoms with Gasteiger partial charge < -0.3 is 24.4 Å². The quantitative estimate of drug-likeness (QED) is 0.431. The number of fused-ring (bicyclic) bond motifs is 2. The Morgan fingerprint density at radius 2 is 1.91 bits per heavy atom. The molecule has 1 aliphatic heterocycles. The molecule has 2 aromatic heterocycles. The largest absolute Gasteiger partial charge is 0.434 e. The molecule has 3 heterocycles. The third-order valence-electron chi connectivity index (χ3n) is 6.01. The molecule has 2 amide bonds. The Labute approximate surface area is 197 Å². The van der Waals surface area contributed by atoms with Crippen molar-refractivity contribution in [3.63, 3.8) is 0 Å². The van der Waals surface area contributed by atoms with Crippen molar-refractivity contribution < 1.29 is 27.5 Å². The minimum atomic E-state index is -2.99. The number of aromatic nitrogens is 2. The minimum Gasteiger partial charge on any atom is -0.434 e. The average Bonchev–Trinajstić information content (AvgIpc) is 3.41. The number of nitrogens with zero attached hydrogens (tertiary/aromatic N) is 2. The van der Waals surface area contributed by atoms with Crippen molar-refractivity contribution in [1.29, 1.82) is 0 Å². The number of rotatable bonds is 6. The van der Waals surface area contributed by atoms with Gasteiger partial charge in [0.1, 0.15) is 18.0 Å². The fourth-order valence-corrected chi connectivity index (χ4v) is 4.32. The lowest BCUT2D eigenvalue weighted by atomic mass is 10.1. The summed E-state index contributed by atoms with van der Waals surface area (Å²) in [7, 11) is 0. The first-order valence-electron chi connectivity index (χ1n) is 11.2. The van der Waals surface area contributed by atoms with E-state index in [-0.39, 0.29) is 23.9 Å². The molecule has 2 N–H and O–H groups in total. The standard InChI is InChI=1S/C24H22F2N4O5/c25-23(26)34-19-6-4-5-16-15(19)12-17(28-16)22(32)27-14-7-8-20-18(11-14)30(24(33)35-20)13-21(31)29-9-2-1-3-10-29/h4-8,11-12,23,28H,1-3,9-10,13H2,(H,27,32). The van der Waals surface area contributed by atoms with Crippen molar-refractivity contribution >= 4 is 39.5 Å². The molecule has 0 atom stereocenters. The maximum absolute atomic E-state index is 12.8. The summed E-state index contributed by atoms with van der Waals surface area (Å²) < 4.78 is 36.4. The number of ether oxygens (including phenoxy) is 1. The summed E-state index contributed by atoms with van der Waals surface area (Å²) in [6, 6.07) is 10.6. The summed E-state index contributed by atoms with van der Waals surface area (Å²) in [6.45, 7) is -1.81. The van der Waals surface area contributed by atoms with E-state index in [9.17, 15) is 23.2 Å². The number of aromatic amines is 1. The molecule has 2 aromatic carbocycles. The second-order valence-corrected chi connectivity index (χ2v) is 8.31. The predicted octanol–water partition coefficient (Wildman–Crippen LogP) is 3.94. The summed E-state index contributed by atoms with van der Waals surface area (Å²) in [5.41, 5.74) is 1.63. The van der Waals surface area contributed by atoms with Crippen molar-refractivity contribution in [2.24, 2.45) is 0 Å². The second-order valence-electron chi connectivity index (χ2n) is 8.31. The number of nitrogens with one attached hydrogen (secondary N) is 2. The third-order valence-corrected chi connectivity index (χ3v) is 6.01. The molecule has 11 heteroatoms. The highest BCUT2D eigenvalue weighted by Gasteiger charge is 2.20. The van der Waals surface area contributed by atoms with Crippen LogP contribution in [0.3, 0.4) is 0 Å². The lowest BCUT2D eigenvalue weighted by Gasteiger charge is -2.26. The first-order valence-corrected chi connectivity index (χ1v) is 11.2. The van der Waals surface area contributed by atoms with Gasteiger partial charge in [0.05, 0.1) is 5.52 Å². The molecule has 0 saturated carbocycles. The van der Waals surface area contributed by atoms with Gasteiger partial charge in [0.2, 0.25) is 5.91 Å². The number of H-pyrrole nitrogens is 1. The van der Waals surface area contributed by atoms with Crippen LogP contribution in [0.1, 0.15) is 29.8 Å². The van der Waals surface area contributed by atoms with E-state index in [2.05, 4.69) is 15.0 Å². The number of likely N-dealkylation sites (tertiary alicyclic amines) is 1. The summed E-state index contributed by atoms with van der Waals surface area (Å²) in [5.74, 6) is -1.39. The first-order chi connectivity index (χ1) is 16.9. The monoisotopic (exact) mass is 484 g/mol. The molecule has 1 saturated heterocycles. The Bertz CT molecular complexity index is 1470. The fourth-order valence-electron chi connectivity index (χ4n) is 4.32. The third kappa shape index (κ3) is 4.61. The van der Waals surface area contributed by atoms with Crippen LogP contribution in [0.15, 0.2) is 51.7 Å². The number of halogens is 2. The van der Waals surface area contributed by atoms with E-state index in [1.165, 1.54) is 28.8 Å². The highest BCUT2D eigenvalue weighted by Crippen LogP contribution is 2.28. The van der Waals surface area contributed by atoms with Crippen LogP contribution in [-0.2, 0) is 11.3 Å². The van der Waals surface area contributed by atoms with Gasteiger partial charge in [0.15, 0.2) is 5.58 Å². The van der Waals surface area contributed by atoms with Gasteiger partial charge in [-0.15, -0.1) is 0 Å². The second kappa shape index (κ2) is 9.24. The number of carbonyl (C=O) groups excluding carboxylic acids is 2. The van der Waals surface area contributed by atoms with Crippen LogP contribution in [-0.4, -0.2) is 46.0 Å². The Hall–Kier alpha value is -4.15. The lowest BCUT2D eigenvalue weighted by Crippen LogP contribution is -2.39. The van der Waals surface area contributed by atoms with E-state index in [4.69, 9.17) is 4.42 Å². The average molecular weight is 484 g/mol. The molecule has 182 valence electrons. The van der Waals surface area contributed by atoms with Crippen LogP contribution in [0.5, 0.6) is 5.75 Å². The molecule has 4 aromatic rings. The van der Waals surface area contributed by atoms with Gasteiger partial charge in [0.25, 0.3) is 5.91 Å². The molecule has 0 aliphatic carbocycles. The van der Waals surface area contributed by atoms with Crippen molar-refractivity contribution in [2.75, 3.05) is 18.4 Å². The number of oxazole rings is 1. The normalized spacial score (nSPS) is 14.1. The van der Waals surface area contributed by atoms with E-state index in [0.29, 0.717) is 40.8 Å². The number of amides is 2. The maximum atomic E-state index is 12.8. The molecule has 0 spiro atoms. The maximum Gasteiger partial charge on any atom is 0.420 e. The predicted molar refractivity (Wildman–Crippen MR) is 124 cm³/mol. The zero-order valence-electron chi connectivity index (χ0n) is 18.6. The highest BCUT2D eigenvalue weighted by atomic mass is 19.3. The van der Waals surface area contributed by atoms with Gasteiger partial charge in [-0.3, -0.25) is 14.2 Å². The van der Waals surface area contributed by atoms with Crippen molar-refractivity contribution in [1.82, 2.24) is 14.5 Å². The molecule has 1 aliphatic rings. The molecule has 1 fully saturated rings. The van der Waals surface area contributed by atoms with Gasteiger partial charge in [-0.1, -0.05) is 6.07 Å². The molecule has 0 radical (unpaired) electrons. The molecule has 9 nitrogen and oxygen atoms in total. The zero-order valence-corrected chi connectivity index (χ0v) is 18.6. The highest BCUT2D eigenvalue weighted by molar-refractivity contribution is 6.07. The minimum absolute atomic E-state index is 0.0463. The van der Waals surface area contributed by atoms with E-state index >= 15 is 0 Å². The van der Waals surface area contributed by atoms with Crippen LogP contribution in [0.2, 0.25) is 0 Å². The Kier molecular flexibility index (Phi) is 5.98. The Morgan fingerprint density at radius 1 is 1.11 bits per heavy atom. The summed E-state index contributed by atoms with van der Waals surface area (Å²) in [4.78, 5) is 42.5. The van der Waals surface area contributed by atoms with Crippen molar-refractivity contribution in [2.45, 2.75) is 32.4 Å². The zero-order chi connectivity index (χ0) is 24.5. The van der Waals surface area contributed by atoms with Crippen LogP contribution >= 0.6 is 0 Å². The Balaban J connectivity index is 1.38. The molecule has 0 unspecified atom stereocenters. The molecule has 5 rings (SSSR count). The van der Waals surface area contributed by atoms with Gasteiger partial charge in [-0.2, -0.15) is 8.78 Å². The van der Waals surface area contributed by atoms with Crippen LogP contribution in [0.4, 0.5) is 14.5 Å². The van der Waals surface area contributed by atoms with E-state index in [0.717, 1.165) is 19.3 Å². The number of hydrogen-bond donors (Lipinski definition) is 2. The number of carbonyl (C=O) groups is 2. The molecule has 35 heavy (non-hydrogen) atoms. The lowest BCUT2D eigenvalue weighted by molar-refractivity contribution is -0.132. The number of hydrogen-bond acceptors (Lipinski definition) is 5. The number of piperidine rings is 1.